The molecule has 0 spiro atoms. The average molecular weight is 657 g/mol. The third kappa shape index (κ3) is 8.31. The number of thiazole rings is 1. The third-order valence-electron chi connectivity index (χ3n) is 7.86. The Balaban J connectivity index is 1.24. The molecule has 0 radical (unpaired) electrons. The molecule has 4 aromatic rings. The van der Waals surface area contributed by atoms with Crippen molar-refractivity contribution in [1.29, 1.82) is 0 Å². The third-order valence-corrected chi connectivity index (χ3v) is 8.82. The monoisotopic (exact) mass is 656 g/mol. The summed E-state index contributed by atoms with van der Waals surface area (Å²) in [5.74, 6) is -1.09. The molecule has 5 rings (SSSR count). The van der Waals surface area contributed by atoms with Crippen LogP contribution in [-0.4, -0.2) is 50.9 Å². The van der Waals surface area contributed by atoms with Crippen molar-refractivity contribution in [3.8, 4) is 0 Å². The van der Waals surface area contributed by atoms with Gasteiger partial charge in [-0.1, -0.05) is 82.3 Å². The van der Waals surface area contributed by atoms with Gasteiger partial charge in [0.05, 0.1) is 11.6 Å². The first-order valence-electron chi connectivity index (χ1n) is 15.8. The first-order valence-corrected chi connectivity index (χ1v) is 16.6. The van der Waals surface area contributed by atoms with E-state index in [1.807, 2.05) is 88.4 Å². The SMILES string of the molecule is CC(C)C[C@H](NC(=O)OCc1ccccc1)c1nc(C(=O)NN2CC[C@@](CC(C)C)(NC(=O)c3ccc4ccccc4n3)C2=O)cs1. The standard InChI is InChI=1S/C35H40N6O5S/c1-22(2)18-28(38-34(45)46-20-24-10-6-5-7-11-24)32-37-29(21-47-32)31(43)40-41-17-16-35(33(41)44,19-23(3)4)39-30(42)27-15-14-25-12-8-9-13-26(25)36-27/h5-15,21-23,28H,16-20H2,1-4H3,(H,38,45)(H,39,42)(H,40,43)/t28-,35-/m0/s1. The van der Waals surface area contributed by atoms with Crippen molar-refractivity contribution in [3.63, 3.8) is 0 Å². The number of rotatable bonds is 12. The second kappa shape index (κ2) is 14.7. The summed E-state index contributed by atoms with van der Waals surface area (Å²) in [6.07, 6.45) is 0.715. The smallest absolute Gasteiger partial charge is 0.408 e. The van der Waals surface area contributed by atoms with E-state index in [-0.39, 0.29) is 36.4 Å². The van der Waals surface area contributed by atoms with Gasteiger partial charge < -0.3 is 15.4 Å². The van der Waals surface area contributed by atoms with Gasteiger partial charge >= 0.3 is 6.09 Å². The number of ether oxygens (including phenoxy) is 1. The molecule has 1 aliphatic rings. The van der Waals surface area contributed by atoms with Gasteiger partial charge in [-0.25, -0.2) is 14.8 Å². The van der Waals surface area contributed by atoms with Crippen LogP contribution in [0.15, 0.2) is 72.1 Å². The number of alkyl carbamates (subject to hydrolysis) is 1. The number of nitrogens with zero attached hydrogens (tertiary/aromatic N) is 3. The molecular weight excluding hydrogens is 616 g/mol. The number of nitrogens with one attached hydrogen (secondary N) is 3. The summed E-state index contributed by atoms with van der Waals surface area (Å²) in [5, 5.41) is 10.2. The highest BCUT2D eigenvalue weighted by Crippen LogP contribution is 2.30. The zero-order chi connectivity index (χ0) is 33.6. The van der Waals surface area contributed by atoms with E-state index in [9.17, 15) is 19.2 Å². The number of para-hydroxylation sites is 1. The van der Waals surface area contributed by atoms with Gasteiger partial charge in [0.25, 0.3) is 17.7 Å². The number of amides is 4. The van der Waals surface area contributed by atoms with Crippen LogP contribution in [0.1, 0.15) is 84.5 Å². The fraction of sp³-hybridized carbons (Fsp3) is 0.371. The molecule has 0 bridgehead atoms. The highest BCUT2D eigenvalue weighted by Gasteiger charge is 2.49. The Morgan fingerprint density at radius 2 is 1.66 bits per heavy atom. The lowest BCUT2D eigenvalue weighted by molar-refractivity contribution is -0.135. The van der Waals surface area contributed by atoms with E-state index < -0.39 is 35.4 Å². The fourth-order valence-corrected chi connectivity index (χ4v) is 6.60. The Morgan fingerprint density at radius 1 is 0.915 bits per heavy atom. The number of benzene rings is 2. The number of pyridine rings is 1. The Morgan fingerprint density at radius 3 is 2.40 bits per heavy atom. The van der Waals surface area contributed by atoms with Crippen molar-refractivity contribution in [2.45, 2.75) is 65.1 Å². The molecule has 4 amide bonds. The lowest BCUT2D eigenvalue weighted by Crippen LogP contribution is -2.57. The number of hydrogen-bond acceptors (Lipinski definition) is 8. The topological polar surface area (TPSA) is 143 Å². The number of carbonyl (C=O) groups is 4. The van der Waals surface area contributed by atoms with E-state index >= 15 is 0 Å². The zero-order valence-electron chi connectivity index (χ0n) is 27.0. The van der Waals surface area contributed by atoms with Crippen molar-refractivity contribution < 1.29 is 23.9 Å². The summed E-state index contributed by atoms with van der Waals surface area (Å²) in [7, 11) is 0. The molecule has 47 heavy (non-hydrogen) atoms. The molecule has 3 heterocycles. The minimum Gasteiger partial charge on any atom is -0.445 e. The van der Waals surface area contributed by atoms with Crippen LogP contribution in [-0.2, 0) is 16.1 Å². The molecule has 1 saturated heterocycles. The summed E-state index contributed by atoms with van der Waals surface area (Å²) in [6.45, 7) is 8.36. The maximum absolute atomic E-state index is 13.8. The van der Waals surface area contributed by atoms with Crippen LogP contribution < -0.4 is 16.1 Å². The van der Waals surface area contributed by atoms with Crippen LogP contribution in [0.4, 0.5) is 4.79 Å². The lowest BCUT2D eigenvalue weighted by atomic mass is 9.87. The molecule has 2 aromatic carbocycles. The van der Waals surface area contributed by atoms with Gasteiger partial charge in [-0.2, -0.15) is 0 Å². The Kier molecular flexibility index (Phi) is 10.5. The Hall–Kier alpha value is -4.84. The minimum atomic E-state index is -1.20. The second-order valence-electron chi connectivity index (χ2n) is 12.6. The molecule has 2 atom stereocenters. The van der Waals surface area contributed by atoms with Crippen molar-refractivity contribution in [1.82, 2.24) is 31.0 Å². The summed E-state index contributed by atoms with van der Waals surface area (Å²) in [6, 6.07) is 19.9. The molecule has 12 heteroatoms. The largest absolute Gasteiger partial charge is 0.445 e. The van der Waals surface area contributed by atoms with Crippen LogP contribution in [0.5, 0.6) is 0 Å². The fourth-order valence-electron chi connectivity index (χ4n) is 5.74. The summed E-state index contributed by atoms with van der Waals surface area (Å²) >= 11 is 1.25. The highest BCUT2D eigenvalue weighted by atomic mass is 32.1. The first kappa shape index (κ1) is 33.5. The molecule has 3 N–H and O–H groups in total. The van der Waals surface area contributed by atoms with Gasteiger partial charge in [0.1, 0.15) is 28.5 Å². The van der Waals surface area contributed by atoms with Crippen molar-refractivity contribution in [2.75, 3.05) is 6.54 Å². The minimum absolute atomic E-state index is 0.0883. The van der Waals surface area contributed by atoms with Crippen LogP contribution in [0.25, 0.3) is 10.9 Å². The Bertz CT molecular complexity index is 1740. The van der Waals surface area contributed by atoms with E-state index in [1.54, 1.807) is 11.4 Å². The maximum Gasteiger partial charge on any atom is 0.408 e. The molecule has 0 aliphatic carbocycles. The van der Waals surface area contributed by atoms with Crippen molar-refractivity contribution >= 4 is 46.1 Å². The highest BCUT2D eigenvalue weighted by molar-refractivity contribution is 7.09. The molecular formula is C35H40N6O5S. The first-order chi connectivity index (χ1) is 22.5. The number of hydrazine groups is 1. The number of aromatic nitrogens is 2. The molecule has 0 saturated carbocycles. The van der Waals surface area contributed by atoms with E-state index in [1.165, 1.54) is 16.3 Å². The number of hydrogen-bond donors (Lipinski definition) is 3. The van der Waals surface area contributed by atoms with E-state index in [2.05, 4.69) is 26.0 Å². The summed E-state index contributed by atoms with van der Waals surface area (Å²) in [5.41, 5.74) is 3.38. The predicted molar refractivity (Wildman–Crippen MR) is 179 cm³/mol. The normalized spacial score (nSPS) is 16.8. The predicted octanol–water partition coefficient (Wildman–Crippen LogP) is 5.80. The Labute approximate surface area is 278 Å². The molecule has 2 aromatic heterocycles. The maximum atomic E-state index is 13.8. The van der Waals surface area contributed by atoms with Crippen LogP contribution >= 0.6 is 11.3 Å². The molecule has 0 unspecified atom stereocenters. The van der Waals surface area contributed by atoms with Crippen molar-refractivity contribution in [3.05, 3.63) is 94.1 Å². The van der Waals surface area contributed by atoms with Gasteiger partial charge in [-0.05, 0) is 48.8 Å². The van der Waals surface area contributed by atoms with Gasteiger partial charge in [-0.3, -0.25) is 24.8 Å². The zero-order valence-corrected chi connectivity index (χ0v) is 27.8. The second-order valence-corrected chi connectivity index (χ2v) is 13.5. The van der Waals surface area contributed by atoms with Gasteiger partial charge in [0.15, 0.2) is 0 Å². The van der Waals surface area contributed by atoms with Crippen LogP contribution in [0.2, 0.25) is 0 Å². The number of carbonyl (C=O) groups excluding carboxylic acids is 4. The molecule has 246 valence electrons. The van der Waals surface area contributed by atoms with Crippen LogP contribution in [0.3, 0.4) is 0 Å². The van der Waals surface area contributed by atoms with Gasteiger partial charge in [0.2, 0.25) is 0 Å². The van der Waals surface area contributed by atoms with E-state index in [0.717, 1.165) is 10.9 Å². The average Bonchev–Trinajstić information content (AvgIpc) is 3.65. The molecule has 1 fully saturated rings. The molecule has 1 aliphatic heterocycles. The van der Waals surface area contributed by atoms with Gasteiger partial charge in [-0.15, -0.1) is 11.3 Å². The number of fused-ring (bicyclic) bond motifs is 1. The quantitative estimate of drug-likeness (QED) is 0.175. The van der Waals surface area contributed by atoms with E-state index in [0.29, 0.717) is 29.8 Å². The summed E-state index contributed by atoms with van der Waals surface area (Å²) in [4.78, 5) is 62.2. The van der Waals surface area contributed by atoms with E-state index in [4.69, 9.17) is 4.74 Å². The lowest BCUT2D eigenvalue weighted by Gasteiger charge is -2.30. The molecule has 11 nitrogen and oxygen atoms in total. The van der Waals surface area contributed by atoms with Gasteiger partial charge in [0, 0.05) is 17.3 Å². The summed E-state index contributed by atoms with van der Waals surface area (Å²) < 4.78 is 5.41. The van der Waals surface area contributed by atoms with Crippen molar-refractivity contribution in [2.24, 2.45) is 11.8 Å². The van der Waals surface area contributed by atoms with Crippen LogP contribution in [0, 0.1) is 11.8 Å².